The maximum Gasteiger partial charge on any atom is 0.325 e. The summed E-state index contributed by atoms with van der Waals surface area (Å²) >= 11 is 1.44. The molecule has 178 valence electrons. The van der Waals surface area contributed by atoms with Gasteiger partial charge >= 0.3 is 6.03 Å². The second kappa shape index (κ2) is 8.88. The van der Waals surface area contributed by atoms with E-state index in [1.54, 1.807) is 31.2 Å². The van der Waals surface area contributed by atoms with E-state index in [2.05, 4.69) is 37.5 Å². The first kappa shape index (κ1) is 24.0. The molecular weight excluding hydrogens is 448 g/mol. The number of rotatable bonds is 6. The molecule has 34 heavy (non-hydrogen) atoms. The Hall–Kier alpha value is -3.18. The molecule has 0 bridgehead atoms. The van der Waals surface area contributed by atoms with E-state index in [-0.39, 0.29) is 5.41 Å². The minimum atomic E-state index is -1.22. The summed E-state index contributed by atoms with van der Waals surface area (Å²) in [5.41, 5.74) is 1.18. The van der Waals surface area contributed by atoms with Gasteiger partial charge in [-0.1, -0.05) is 57.5 Å². The zero-order valence-electron chi connectivity index (χ0n) is 20.0. The first-order valence-corrected chi connectivity index (χ1v) is 12.5. The summed E-state index contributed by atoms with van der Waals surface area (Å²) in [6.07, 6.45) is 3.82. The fraction of sp³-hybridized carbons (Fsp3) is 0.462. The first-order valence-electron chi connectivity index (χ1n) is 11.6. The monoisotopic (exact) mass is 478 g/mol. The van der Waals surface area contributed by atoms with Crippen molar-refractivity contribution in [1.29, 1.82) is 5.26 Å². The summed E-state index contributed by atoms with van der Waals surface area (Å²) in [6.45, 7) is 7.99. The van der Waals surface area contributed by atoms with Crippen LogP contribution in [0.15, 0.2) is 30.3 Å². The van der Waals surface area contributed by atoms with Gasteiger partial charge in [-0.2, -0.15) is 5.26 Å². The number of imide groups is 1. The van der Waals surface area contributed by atoms with Crippen LogP contribution in [0.25, 0.3) is 0 Å². The Morgan fingerprint density at radius 2 is 2.03 bits per heavy atom. The minimum Gasteiger partial charge on any atom is -0.319 e. The molecule has 2 atom stereocenters. The average Bonchev–Trinajstić information content (AvgIpc) is 3.28. The second-order valence-corrected chi connectivity index (χ2v) is 11.1. The number of thiophene rings is 1. The van der Waals surface area contributed by atoms with Crippen molar-refractivity contribution in [2.24, 2.45) is 11.3 Å². The number of benzene rings is 1. The number of nitrogens with zero attached hydrogens (tertiary/aromatic N) is 2. The summed E-state index contributed by atoms with van der Waals surface area (Å²) in [6, 6.07) is 10.6. The molecule has 1 aliphatic heterocycles. The fourth-order valence-electron chi connectivity index (χ4n) is 4.87. The predicted molar refractivity (Wildman–Crippen MR) is 131 cm³/mol. The molecule has 1 aliphatic carbocycles. The number of nitriles is 1. The van der Waals surface area contributed by atoms with Gasteiger partial charge in [0.1, 0.15) is 23.2 Å². The lowest BCUT2D eigenvalue weighted by molar-refractivity contribution is -0.133. The number of fused-ring (bicyclic) bond motifs is 1. The largest absolute Gasteiger partial charge is 0.325 e. The minimum absolute atomic E-state index is 0.215. The molecule has 1 aromatic carbocycles. The molecule has 1 saturated heterocycles. The van der Waals surface area contributed by atoms with Gasteiger partial charge in [0.25, 0.3) is 5.91 Å². The number of carbonyl (C=O) groups excluding carboxylic acids is 3. The summed E-state index contributed by atoms with van der Waals surface area (Å²) in [4.78, 5) is 40.6. The molecule has 7 nitrogen and oxygen atoms in total. The smallest absolute Gasteiger partial charge is 0.319 e. The Balaban J connectivity index is 1.50. The van der Waals surface area contributed by atoms with E-state index in [4.69, 9.17) is 0 Å². The van der Waals surface area contributed by atoms with Crippen molar-refractivity contribution >= 4 is 34.2 Å². The number of carbonyl (C=O) groups is 3. The number of anilines is 1. The highest BCUT2D eigenvalue weighted by Crippen LogP contribution is 2.45. The molecule has 4 amide bonds. The van der Waals surface area contributed by atoms with E-state index in [0.717, 1.165) is 41.0 Å². The molecule has 1 aromatic heterocycles. The lowest BCUT2D eigenvalue weighted by Gasteiger charge is -2.36. The van der Waals surface area contributed by atoms with Gasteiger partial charge in [0.05, 0.1) is 5.56 Å². The molecule has 0 radical (unpaired) electrons. The van der Waals surface area contributed by atoms with Crippen LogP contribution in [0.4, 0.5) is 9.80 Å². The standard InChI is InChI=1S/C26H30N4O3S/c1-5-25(2,3)17-11-12-18-19(14-27)22(34-20(18)13-17)28-21(31)15-30-23(32)26(4,29-24(30)33)16-9-7-6-8-10-16/h6-10,17H,5,11-13,15H2,1-4H3,(H,28,31)(H,29,33)/t17-,26-/m1/s1. The molecule has 0 spiro atoms. The van der Waals surface area contributed by atoms with E-state index in [0.29, 0.717) is 22.0 Å². The van der Waals surface area contributed by atoms with Crippen molar-refractivity contribution in [3.8, 4) is 6.07 Å². The van der Waals surface area contributed by atoms with Crippen LogP contribution in [0.2, 0.25) is 0 Å². The van der Waals surface area contributed by atoms with Crippen LogP contribution < -0.4 is 10.6 Å². The van der Waals surface area contributed by atoms with Gasteiger partial charge in [-0.15, -0.1) is 11.3 Å². The van der Waals surface area contributed by atoms with Crippen molar-refractivity contribution < 1.29 is 14.4 Å². The Labute approximate surface area is 204 Å². The topological polar surface area (TPSA) is 102 Å². The van der Waals surface area contributed by atoms with Crippen LogP contribution in [0.3, 0.4) is 0 Å². The van der Waals surface area contributed by atoms with Crippen molar-refractivity contribution in [3.05, 3.63) is 51.9 Å². The molecule has 2 aromatic rings. The van der Waals surface area contributed by atoms with E-state index in [9.17, 15) is 19.6 Å². The molecule has 2 N–H and O–H groups in total. The summed E-state index contributed by atoms with van der Waals surface area (Å²) in [5.74, 6) is -0.448. The maximum atomic E-state index is 13.1. The number of hydrogen-bond donors (Lipinski definition) is 2. The molecule has 2 aliphatic rings. The third-order valence-corrected chi connectivity index (χ3v) is 8.74. The van der Waals surface area contributed by atoms with Crippen molar-refractivity contribution in [1.82, 2.24) is 10.2 Å². The van der Waals surface area contributed by atoms with Crippen molar-refractivity contribution in [2.75, 3.05) is 11.9 Å². The van der Waals surface area contributed by atoms with Crippen molar-refractivity contribution in [2.45, 2.75) is 58.9 Å². The average molecular weight is 479 g/mol. The highest BCUT2D eigenvalue weighted by Gasteiger charge is 2.49. The van der Waals surface area contributed by atoms with Gasteiger partial charge in [0, 0.05) is 4.88 Å². The Morgan fingerprint density at radius 1 is 1.32 bits per heavy atom. The van der Waals surface area contributed by atoms with E-state index in [1.165, 1.54) is 11.3 Å². The number of amides is 4. The van der Waals surface area contributed by atoms with Crippen LogP contribution in [0.1, 0.15) is 62.1 Å². The third-order valence-electron chi connectivity index (χ3n) is 7.57. The van der Waals surface area contributed by atoms with E-state index >= 15 is 0 Å². The van der Waals surface area contributed by atoms with Crippen LogP contribution in [0, 0.1) is 22.7 Å². The second-order valence-electron chi connectivity index (χ2n) is 9.96. The Morgan fingerprint density at radius 3 is 2.68 bits per heavy atom. The first-order chi connectivity index (χ1) is 16.1. The quantitative estimate of drug-likeness (QED) is 0.594. The van der Waals surface area contributed by atoms with Gasteiger partial charge in [0.2, 0.25) is 5.91 Å². The van der Waals surface area contributed by atoms with Gasteiger partial charge in [-0.3, -0.25) is 14.5 Å². The molecule has 2 heterocycles. The molecule has 8 heteroatoms. The molecular formula is C26H30N4O3S. The summed E-state index contributed by atoms with van der Waals surface area (Å²) < 4.78 is 0. The molecule has 4 rings (SSSR count). The van der Waals surface area contributed by atoms with Gasteiger partial charge in [-0.25, -0.2) is 4.79 Å². The lowest BCUT2D eigenvalue weighted by atomic mass is 9.69. The fourth-order valence-corrected chi connectivity index (χ4v) is 6.16. The summed E-state index contributed by atoms with van der Waals surface area (Å²) in [7, 11) is 0. The lowest BCUT2D eigenvalue weighted by Crippen LogP contribution is -2.42. The van der Waals surface area contributed by atoms with Gasteiger partial charge < -0.3 is 10.6 Å². The Bertz CT molecular complexity index is 1180. The number of urea groups is 1. The van der Waals surface area contributed by atoms with Crippen LogP contribution in [0.5, 0.6) is 0 Å². The van der Waals surface area contributed by atoms with Crippen LogP contribution in [-0.4, -0.2) is 29.3 Å². The van der Waals surface area contributed by atoms with Crippen LogP contribution >= 0.6 is 11.3 Å². The van der Waals surface area contributed by atoms with E-state index in [1.807, 2.05) is 6.07 Å². The van der Waals surface area contributed by atoms with Gasteiger partial charge in [0.15, 0.2) is 0 Å². The van der Waals surface area contributed by atoms with Crippen molar-refractivity contribution in [3.63, 3.8) is 0 Å². The summed E-state index contributed by atoms with van der Waals surface area (Å²) in [5, 5.41) is 15.8. The third kappa shape index (κ3) is 4.09. The highest BCUT2D eigenvalue weighted by molar-refractivity contribution is 7.16. The Kier molecular flexibility index (Phi) is 6.26. The zero-order valence-corrected chi connectivity index (χ0v) is 20.8. The van der Waals surface area contributed by atoms with E-state index < -0.39 is 29.9 Å². The van der Waals surface area contributed by atoms with Crippen LogP contribution in [-0.2, 0) is 28.0 Å². The normalized spacial score (nSPS) is 22.2. The van der Waals surface area contributed by atoms with Gasteiger partial charge in [-0.05, 0) is 48.6 Å². The zero-order chi connectivity index (χ0) is 24.7. The number of hydrogen-bond acceptors (Lipinski definition) is 5. The predicted octanol–water partition coefficient (Wildman–Crippen LogP) is 4.57. The maximum absolute atomic E-state index is 13.1. The SMILES string of the molecule is CCC(C)(C)[C@@H]1CCc2c(sc(NC(=O)CN3C(=O)N[C@](C)(c4ccccc4)C3=O)c2C#N)C1. The molecule has 1 fully saturated rings. The molecule has 0 saturated carbocycles. The number of nitrogens with one attached hydrogen (secondary N) is 2. The molecule has 0 unspecified atom stereocenters. The highest BCUT2D eigenvalue weighted by atomic mass is 32.1.